The fraction of sp³-hybridized carbons (Fsp3) is 0.360. The molecule has 0 bridgehead atoms. The number of carbonyl (C=O) groups is 1. The number of fused-ring (bicyclic) bond motifs is 1. The Labute approximate surface area is 188 Å². The van der Waals surface area contributed by atoms with Crippen LogP contribution in [-0.4, -0.2) is 46.7 Å². The highest BCUT2D eigenvalue weighted by molar-refractivity contribution is 5.94. The minimum Gasteiger partial charge on any atom is -0.497 e. The summed E-state index contributed by atoms with van der Waals surface area (Å²) >= 11 is 0. The molecule has 1 saturated heterocycles. The number of nitrogens with zero attached hydrogens (tertiary/aromatic N) is 3. The Morgan fingerprint density at radius 2 is 2.09 bits per heavy atom. The van der Waals surface area contributed by atoms with E-state index in [-0.39, 0.29) is 12.0 Å². The van der Waals surface area contributed by atoms with Crippen LogP contribution in [-0.2, 0) is 29.0 Å². The van der Waals surface area contributed by atoms with Crippen LogP contribution < -0.4 is 10.1 Å². The minimum absolute atomic E-state index is 0.0448. The number of nitrogens with one attached hydrogen (secondary N) is 1. The van der Waals surface area contributed by atoms with Gasteiger partial charge in [-0.2, -0.15) is 0 Å². The molecule has 32 heavy (non-hydrogen) atoms. The Morgan fingerprint density at radius 1 is 1.22 bits per heavy atom. The number of methoxy groups -OCH3 is 1. The van der Waals surface area contributed by atoms with E-state index < -0.39 is 0 Å². The fourth-order valence-electron chi connectivity index (χ4n) is 4.46. The first-order chi connectivity index (χ1) is 15.7. The molecule has 166 valence electrons. The number of benzene rings is 2. The van der Waals surface area contributed by atoms with Crippen molar-refractivity contribution in [1.29, 1.82) is 0 Å². The van der Waals surface area contributed by atoms with Gasteiger partial charge in [0.2, 0.25) is 0 Å². The molecule has 1 N–H and O–H groups in total. The predicted molar refractivity (Wildman–Crippen MR) is 122 cm³/mol. The molecule has 0 radical (unpaired) electrons. The van der Waals surface area contributed by atoms with E-state index in [1.165, 1.54) is 11.1 Å². The van der Waals surface area contributed by atoms with Gasteiger partial charge < -0.3 is 19.4 Å². The number of rotatable bonds is 6. The molecule has 7 heteroatoms. The van der Waals surface area contributed by atoms with Crippen molar-refractivity contribution in [3.05, 3.63) is 71.8 Å². The molecule has 1 fully saturated rings. The van der Waals surface area contributed by atoms with Gasteiger partial charge >= 0.3 is 0 Å². The van der Waals surface area contributed by atoms with Gasteiger partial charge in [-0.15, -0.1) is 0 Å². The molecule has 2 aliphatic rings. The van der Waals surface area contributed by atoms with Gasteiger partial charge in [0.15, 0.2) is 0 Å². The zero-order chi connectivity index (χ0) is 21.9. The van der Waals surface area contributed by atoms with Crippen LogP contribution in [0, 0.1) is 0 Å². The van der Waals surface area contributed by atoms with Gasteiger partial charge in [0.05, 0.1) is 13.7 Å². The fourth-order valence-corrected chi connectivity index (χ4v) is 4.46. The topological polar surface area (TPSA) is 68.6 Å². The summed E-state index contributed by atoms with van der Waals surface area (Å²) in [5.41, 5.74) is 4.50. The smallest absolute Gasteiger partial charge is 0.253 e. The lowest BCUT2D eigenvalue weighted by Gasteiger charge is -2.29. The molecule has 2 aromatic carbocycles. The Balaban J connectivity index is 1.27. The molecule has 0 saturated carbocycles. The first kappa shape index (κ1) is 20.7. The van der Waals surface area contributed by atoms with E-state index >= 15 is 0 Å². The standard InChI is InChI=1S/C25H28N4O3/c1-31-22-8-6-21(7-9-22)29-13-11-26-24(29)17-28-12-10-18-4-5-20(15-19(18)16-28)27-25(30)23-3-2-14-32-23/h4-9,11,13,15,23H,2-3,10,12,14,16-17H2,1H3,(H,27,30). The van der Waals surface area contributed by atoms with E-state index in [4.69, 9.17) is 9.47 Å². The van der Waals surface area contributed by atoms with E-state index in [1.54, 1.807) is 7.11 Å². The van der Waals surface area contributed by atoms with Crippen LogP contribution in [0.25, 0.3) is 5.69 Å². The molecule has 3 aromatic rings. The molecule has 1 atom stereocenters. The quantitative estimate of drug-likeness (QED) is 0.645. The maximum Gasteiger partial charge on any atom is 0.253 e. The van der Waals surface area contributed by atoms with Crippen molar-refractivity contribution in [2.75, 3.05) is 25.6 Å². The molecule has 0 spiro atoms. The van der Waals surface area contributed by atoms with E-state index in [1.807, 2.05) is 42.7 Å². The minimum atomic E-state index is -0.320. The summed E-state index contributed by atoms with van der Waals surface area (Å²) < 4.78 is 12.9. The summed E-state index contributed by atoms with van der Waals surface area (Å²) in [6, 6.07) is 14.2. The van der Waals surface area contributed by atoms with Gasteiger partial charge in [-0.05, 0) is 66.8 Å². The summed E-state index contributed by atoms with van der Waals surface area (Å²) in [7, 11) is 1.67. The number of ether oxygens (including phenoxy) is 2. The van der Waals surface area contributed by atoms with Gasteiger partial charge in [0.25, 0.3) is 5.91 Å². The van der Waals surface area contributed by atoms with Crippen LogP contribution in [0.15, 0.2) is 54.9 Å². The third kappa shape index (κ3) is 4.40. The lowest BCUT2D eigenvalue weighted by atomic mass is 9.99. The van der Waals surface area contributed by atoms with Crippen molar-refractivity contribution in [3.8, 4) is 11.4 Å². The van der Waals surface area contributed by atoms with E-state index in [0.29, 0.717) is 6.61 Å². The van der Waals surface area contributed by atoms with Crippen molar-refractivity contribution in [2.24, 2.45) is 0 Å². The lowest BCUT2D eigenvalue weighted by molar-refractivity contribution is -0.124. The maximum absolute atomic E-state index is 12.4. The molecule has 1 amide bonds. The van der Waals surface area contributed by atoms with Crippen molar-refractivity contribution < 1.29 is 14.3 Å². The first-order valence-corrected chi connectivity index (χ1v) is 11.1. The second-order valence-corrected chi connectivity index (χ2v) is 8.35. The number of anilines is 1. The number of amides is 1. The van der Waals surface area contributed by atoms with Crippen molar-refractivity contribution >= 4 is 11.6 Å². The van der Waals surface area contributed by atoms with Gasteiger partial charge in [0.1, 0.15) is 17.7 Å². The Hall–Kier alpha value is -3.16. The van der Waals surface area contributed by atoms with E-state index in [0.717, 1.165) is 61.8 Å². The molecule has 7 nitrogen and oxygen atoms in total. The summed E-state index contributed by atoms with van der Waals surface area (Å²) in [5.74, 6) is 1.79. The molecule has 3 heterocycles. The highest BCUT2D eigenvalue weighted by Gasteiger charge is 2.24. The maximum atomic E-state index is 12.4. The number of hydrogen-bond acceptors (Lipinski definition) is 5. The number of hydrogen-bond donors (Lipinski definition) is 1. The molecule has 1 unspecified atom stereocenters. The van der Waals surface area contributed by atoms with E-state index in [2.05, 4.69) is 31.9 Å². The summed E-state index contributed by atoms with van der Waals surface area (Å²) in [4.78, 5) is 19.4. The van der Waals surface area contributed by atoms with Crippen LogP contribution >= 0.6 is 0 Å². The van der Waals surface area contributed by atoms with Gasteiger partial charge in [-0.25, -0.2) is 4.98 Å². The van der Waals surface area contributed by atoms with Crippen LogP contribution in [0.3, 0.4) is 0 Å². The Morgan fingerprint density at radius 3 is 2.88 bits per heavy atom. The lowest BCUT2D eigenvalue weighted by Crippen LogP contribution is -2.31. The summed E-state index contributed by atoms with van der Waals surface area (Å²) in [6.07, 6.45) is 6.25. The molecular formula is C25H28N4O3. The average Bonchev–Trinajstić information content (AvgIpc) is 3.52. The van der Waals surface area contributed by atoms with Crippen LogP contribution in [0.4, 0.5) is 5.69 Å². The van der Waals surface area contributed by atoms with Crippen LogP contribution in [0.5, 0.6) is 5.75 Å². The molecular weight excluding hydrogens is 404 g/mol. The monoisotopic (exact) mass is 432 g/mol. The van der Waals surface area contributed by atoms with E-state index in [9.17, 15) is 4.79 Å². The third-order valence-corrected chi connectivity index (χ3v) is 6.22. The first-order valence-electron chi connectivity index (χ1n) is 11.1. The summed E-state index contributed by atoms with van der Waals surface area (Å²) in [5, 5.41) is 3.03. The number of imidazole rings is 1. The number of aromatic nitrogens is 2. The van der Waals surface area contributed by atoms with Gasteiger partial charge in [-0.1, -0.05) is 6.07 Å². The Kier molecular flexibility index (Phi) is 5.92. The average molecular weight is 433 g/mol. The number of carbonyl (C=O) groups excluding carboxylic acids is 1. The second kappa shape index (κ2) is 9.14. The highest BCUT2D eigenvalue weighted by atomic mass is 16.5. The second-order valence-electron chi connectivity index (χ2n) is 8.35. The Bertz CT molecular complexity index is 1090. The van der Waals surface area contributed by atoms with Crippen molar-refractivity contribution in [3.63, 3.8) is 0 Å². The largest absolute Gasteiger partial charge is 0.497 e. The van der Waals surface area contributed by atoms with Crippen molar-refractivity contribution in [1.82, 2.24) is 14.5 Å². The highest BCUT2D eigenvalue weighted by Crippen LogP contribution is 2.25. The normalized spacial score (nSPS) is 18.3. The molecule has 5 rings (SSSR count). The third-order valence-electron chi connectivity index (χ3n) is 6.22. The molecule has 0 aliphatic carbocycles. The van der Waals surface area contributed by atoms with Crippen LogP contribution in [0.2, 0.25) is 0 Å². The van der Waals surface area contributed by atoms with Crippen molar-refractivity contribution in [2.45, 2.75) is 38.5 Å². The SMILES string of the molecule is COc1ccc(-n2ccnc2CN2CCc3ccc(NC(=O)C4CCCO4)cc3C2)cc1. The molecule has 2 aliphatic heterocycles. The van der Waals surface area contributed by atoms with Crippen LogP contribution in [0.1, 0.15) is 29.8 Å². The summed E-state index contributed by atoms with van der Waals surface area (Å²) in [6.45, 7) is 3.23. The van der Waals surface area contributed by atoms with Gasteiger partial charge in [0, 0.05) is 43.5 Å². The van der Waals surface area contributed by atoms with Gasteiger partial charge in [-0.3, -0.25) is 9.69 Å². The predicted octanol–water partition coefficient (Wildman–Crippen LogP) is 3.56. The zero-order valence-electron chi connectivity index (χ0n) is 18.3. The zero-order valence-corrected chi connectivity index (χ0v) is 18.3. The molecule has 1 aromatic heterocycles.